The summed E-state index contributed by atoms with van der Waals surface area (Å²) in [7, 11) is 0. The van der Waals surface area contributed by atoms with Crippen molar-refractivity contribution in [2.45, 2.75) is 12.8 Å². The van der Waals surface area contributed by atoms with Crippen molar-refractivity contribution in [3.63, 3.8) is 0 Å². The van der Waals surface area contributed by atoms with E-state index in [2.05, 4.69) is 0 Å². The Labute approximate surface area is 112 Å². The van der Waals surface area contributed by atoms with E-state index in [1.807, 2.05) is 30.3 Å². The lowest BCUT2D eigenvalue weighted by Gasteiger charge is -2.15. The van der Waals surface area contributed by atoms with Gasteiger partial charge in [-0.2, -0.15) is 0 Å². The zero-order chi connectivity index (χ0) is 13.7. The van der Waals surface area contributed by atoms with Crippen LogP contribution in [0, 0.1) is 17.6 Å². The average molecular weight is 261 g/mol. The Kier molecular flexibility index (Phi) is 4.63. The zero-order valence-corrected chi connectivity index (χ0v) is 10.7. The van der Waals surface area contributed by atoms with Crippen LogP contribution in [0.1, 0.15) is 11.1 Å². The van der Waals surface area contributed by atoms with Crippen molar-refractivity contribution >= 4 is 0 Å². The SMILES string of the molecule is NCC(Cc1ccccc1)Cc1cccc(F)c1F. The van der Waals surface area contributed by atoms with Crippen molar-refractivity contribution in [2.75, 3.05) is 6.54 Å². The molecular formula is C16H17F2N. The molecule has 0 aromatic heterocycles. The Morgan fingerprint density at radius 2 is 1.63 bits per heavy atom. The largest absolute Gasteiger partial charge is 0.330 e. The van der Waals surface area contributed by atoms with Gasteiger partial charge in [0.15, 0.2) is 11.6 Å². The molecule has 0 bridgehead atoms. The van der Waals surface area contributed by atoms with Gasteiger partial charge in [0, 0.05) is 0 Å². The standard InChI is InChI=1S/C16H17F2N/c17-15-8-4-7-14(16(15)18)10-13(11-19)9-12-5-2-1-3-6-12/h1-8,13H,9-11,19H2. The summed E-state index contributed by atoms with van der Waals surface area (Å²) in [5.41, 5.74) is 7.30. The van der Waals surface area contributed by atoms with Gasteiger partial charge in [-0.05, 0) is 42.5 Å². The predicted molar refractivity (Wildman–Crippen MR) is 72.8 cm³/mol. The van der Waals surface area contributed by atoms with Gasteiger partial charge in [0.25, 0.3) is 0 Å². The van der Waals surface area contributed by atoms with Gasteiger partial charge in [0.2, 0.25) is 0 Å². The van der Waals surface area contributed by atoms with E-state index >= 15 is 0 Å². The van der Waals surface area contributed by atoms with Crippen molar-refractivity contribution in [3.05, 3.63) is 71.3 Å². The highest BCUT2D eigenvalue weighted by Crippen LogP contribution is 2.18. The van der Waals surface area contributed by atoms with E-state index in [4.69, 9.17) is 5.73 Å². The molecule has 0 saturated carbocycles. The van der Waals surface area contributed by atoms with E-state index in [1.54, 1.807) is 6.07 Å². The van der Waals surface area contributed by atoms with Crippen LogP contribution in [0.25, 0.3) is 0 Å². The Hall–Kier alpha value is -1.74. The second kappa shape index (κ2) is 6.43. The molecule has 1 unspecified atom stereocenters. The first kappa shape index (κ1) is 13.7. The second-order valence-electron chi connectivity index (χ2n) is 4.71. The molecule has 0 aliphatic carbocycles. The molecule has 2 N–H and O–H groups in total. The minimum atomic E-state index is -0.798. The highest BCUT2D eigenvalue weighted by molar-refractivity contribution is 5.21. The summed E-state index contributed by atoms with van der Waals surface area (Å²) in [6.45, 7) is 0.449. The fourth-order valence-corrected chi connectivity index (χ4v) is 2.20. The third-order valence-corrected chi connectivity index (χ3v) is 3.24. The normalized spacial score (nSPS) is 12.4. The summed E-state index contributed by atoms with van der Waals surface area (Å²) in [5.74, 6) is -1.44. The maximum atomic E-state index is 13.6. The highest BCUT2D eigenvalue weighted by Gasteiger charge is 2.14. The van der Waals surface area contributed by atoms with E-state index < -0.39 is 11.6 Å². The van der Waals surface area contributed by atoms with Crippen molar-refractivity contribution in [2.24, 2.45) is 11.7 Å². The quantitative estimate of drug-likeness (QED) is 0.877. The molecule has 1 nitrogen and oxygen atoms in total. The number of nitrogens with two attached hydrogens (primary N) is 1. The first-order chi connectivity index (χ1) is 9.20. The van der Waals surface area contributed by atoms with Crippen LogP contribution in [0.3, 0.4) is 0 Å². The number of benzene rings is 2. The summed E-state index contributed by atoms with van der Waals surface area (Å²) < 4.78 is 26.8. The van der Waals surface area contributed by atoms with Gasteiger partial charge in [-0.15, -0.1) is 0 Å². The molecule has 0 radical (unpaired) electrons. The number of hydrogen-bond donors (Lipinski definition) is 1. The number of halogens is 2. The maximum Gasteiger partial charge on any atom is 0.162 e. The van der Waals surface area contributed by atoms with Gasteiger partial charge < -0.3 is 5.73 Å². The summed E-state index contributed by atoms with van der Waals surface area (Å²) in [6, 6.07) is 14.2. The van der Waals surface area contributed by atoms with Crippen LogP contribution in [0.5, 0.6) is 0 Å². The van der Waals surface area contributed by atoms with Crippen LogP contribution in [0.4, 0.5) is 8.78 Å². The molecule has 0 saturated heterocycles. The van der Waals surface area contributed by atoms with Gasteiger partial charge in [-0.1, -0.05) is 42.5 Å². The number of hydrogen-bond acceptors (Lipinski definition) is 1. The van der Waals surface area contributed by atoms with E-state index in [0.29, 0.717) is 18.5 Å². The average Bonchev–Trinajstić information content (AvgIpc) is 2.44. The molecule has 1 atom stereocenters. The van der Waals surface area contributed by atoms with Crippen LogP contribution >= 0.6 is 0 Å². The Morgan fingerprint density at radius 1 is 0.895 bits per heavy atom. The molecule has 0 aliphatic heterocycles. The van der Waals surface area contributed by atoms with E-state index in [1.165, 1.54) is 6.07 Å². The lowest BCUT2D eigenvalue weighted by atomic mass is 9.92. The van der Waals surface area contributed by atoms with E-state index in [0.717, 1.165) is 18.1 Å². The summed E-state index contributed by atoms with van der Waals surface area (Å²) >= 11 is 0. The molecular weight excluding hydrogens is 244 g/mol. The molecule has 0 fully saturated rings. The highest BCUT2D eigenvalue weighted by atomic mass is 19.2. The van der Waals surface area contributed by atoms with E-state index in [-0.39, 0.29) is 5.92 Å². The Morgan fingerprint density at radius 3 is 2.32 bits per heavy atom. The Bertz CT molecular complexity index is 526. The van der Waals surface area contributed by atoms with Gasteiger partial charge >= 0.3 is 0 Å². The lowest BCUT2D eigenvalue weighted by Crippen LogP contribution is -2.20. The lowest BCUT2D eigenvalue weighted by molar-refractivity contribution is 0.473. The molecule has 0 spiro atoms. The first-order valence-electron chi connectivity index (χ1n) is 6.37. The zero-order valence-electron chi connectivity index (χ0n) is 10.7. The van der Waals surface area contributed by atoms with Gasteiger partial charge in [-0.25, -0.2) is 8.78 Å². The monoisotopic (exact) mass is 261 g/mol. The van der Waals surface area contributed by atoms with Crippen molar-refractivity contribution in [1.82, 2.24) is 0 Å². The molecule has 2 aromatic rings. The molecule has 2 rings (SSSR count). The van der Waals surface area contributed by atoms with Crippen LogP contribution in [-0.2, 0) is 12.8 Å². The van der Waals surface area contributed by atoms with Gasteiger partial charge in [0.05, 0.1) is 0 Å². The fourth-order valence-electron chi connectivity index (χ4n) is 2.20. The van der Waals surface area contributed by atoms with Gasteiger partial charge in [0.1, 0.15) is 0 Å². The molecule has 0 amide bonds. The van der Waals surface area contributed by atoms with Gasteiger partial charge in [-0.3, -0.25) is 0 Å². The smallest absolute Gasteiger partial charge is 0.162 e. The molecule has 3 heteroatoms. The summed E-state index contributed by atoms with van der Waals surface area (Å²) in [5, 5.41) is 0. The molecule has 0 aliphatic rings. The minimum absolute atomic E-state index is 0.110. The maximum absolute atomic E-state index is 13.6. The summed E-state index contributed by atoms with van der Waals surface area (Å²) in [6.07, 6.45) is 1.22. The van der Waals surface area contributed by atoms with Crippen molar-refractivity contribution in [1.29, 1.82) is 0 Å². The molecule has 19 heavy (non-hydrogen) atoms. The van der Waals surface area contributed by atoms with Crippen molar-refractivity contribution < 1.29 is 8.78 Å². The fraction of sp³-hybridized carbons (Fsp3) is 0.250. The topological polar surface area (TPSA) is 26.0 Å². The third-order valence-electron chi connectivity index (χ3n) is 3.24. The van der Waals surface area contributed by atoms with Crippen LogP contribution in [0.2, 0.25) is 0 Å². The second-order valence-corrected chi connectivity index (χ2v) is 4.71. The number of rotatable bonds is 5. The van der Waals surface area contributed by atoms with Crippen molar-refractivity contribution in [3.8, 4) is 0 Å². The molecule has 100 valence electrons. The third kappa shape index (κ3) is 3.61. The Balaban J connectivity index is 2.09. The minimum Gasteiger partial charge on any atom is -0.330 e. The first-order valence-corrected chi connectivity index (χ1v) is 6.37. The molecule has 0 heterocycles. The van der Waals surface area contributed by atoms with Crippen LogP contribution in [0.15, 0.2) is 48.5 Å². The van der Waals surface area contributed by atoms with Crippen LogP contribution in [-0.4, -0.2) is 6.54 Å². The predicted octanol–water partition coefficient (Wildman–Crippen LogP) is 3.32. The van der Waals surface area contributed by atoms with E-state index in [9.17, 15) is 8.78 Å². The molecule has 2 aromatic carbocycles. The summed E-state index contributed by atoms with van der Waals surface area (Å²) in [4.78, 5) is 0. The van der Waals surface area contributed by atoms with Crippen LogP contribution < -0.4 is 5.73 Å².